The maximum absolute atomic E-state index is 12.1. The van der Waals surface area contributed by atoms with Crippen molar-refractivity contribution in [2.24, 2.45) is 5.10 Å². The quantitative estimate of drug-likeness (QED) is 0.260. The predicted octanol–water partition coefficient (Wildman–Crippen LogP) is 5.50. The smallest absolute Gasteiger partial charge is 0.274 e. The van der Waals surface area contributed by atoms with Crippen molar-refractivity contribution in [1.82, 2.24) is 10.4 Å². The fourth-order valence-electron chi connectivity index (χ4n) is 2.47. The number of hydrogen-bond acceptors (Lipinski definition) is 5. The Balaban J connectivity index is 1.70. The van der Waals surface area contributed by atoms with Crippen molar-refractivity contribution in [2.45, 2.75) is 6.61 Å². The molecule has 0 radical (unpaired) electrons. The average molecular weight is 509 g/mol. The third-order valence-corrected chi connectivity index (χ3v) is 5.04. The van der Waals surface area contributed by atoms with Crippen LogP contribution in [0.2, 0.25) is 10.2 Å². The molecule has 0 aliphatic carbocycles. The number of carbonyl (C=O) groups is 1. The summed E-state index contributed by atoms with van der Waals surface area (Å²) >= 11 is 15.7. The van der Waals surface area contributed by atoms with E-state index < -0.39 is 5.91 Å². The summed E-state index contributed by atoms with van der Waals surface area (Å²) in [7, 11) is 1.52. The summed E-state index contributed by atoms with van der Waals surface area (Å²) in [6.07, 6.45) is 2.94. The van der Waals surface area contributed by atoms with E-state index >= 15 is 0 Å². The second-order valence-electron chi connectivity index (χ2n) is 5.99. The molecule has 0 spiro atoms. The molecule has 0 fully saturated rings. The number of nitrogens with one attached hydrogen (secondary N) is 1. The SMILES string of the molecule is COc1cc(C=NNC(=O)c2cccnc2Cl)cc(Cl)c1OCc1ccc(Br)cc1. The summed E-state index contributed by atoms with van der Waals surface area (Å²) in [4.78, 5) is 16.0. The number of amides is 1. The van der Waals surface area contributed by atoms with Gasteiger partial charge in [0.15, 0.2) is 11.5 Å². The first-order valence-corrected chi connectivity index (χ1v) is 10.2. The molecule has 154 valence electrons. The van der Waals surface area contributed by atoms with Gasteiger partial charge in [0.05, 0.1) is 23.9 Å². The van der Waals surface area contributed by atoms with Gasteiger partial charge in [0, 0.05) is 10.7 Å². The molecule has 2 aromatic carbocycles. The van der Waals surface area contributed by atoms with E-state index in [-0.39, 0.29) is 10.7 Å². The van der Waals surface area contributed by atoms with Crippen molar-refractivity contribution >= 4 is 51.3 Å². The van der Waals surface area contributed by atoms with Crippen molar-refractivity contribution in [3.63, 3.8) is 0 Å². The number of halogens is 3. The zero-order chi connectivity index (χ0) is 21.5. The molecule has 0 saturated heterocycles. The molecule has 6 nitrogen and oxygen atoms in total. The van der Waals surface area contributed by atoms with Gasteiger partial charge in [-0.15, -0.1) is 0 Å². The van der Waals surface area contributed by atoms with Crippen molar-refractivity contribution in [1.29, 1.82) is 0 Å². The Morgan fingerprint density at radius 1 is 1.23 bits per heavy atom. The summed E-state index contributed by atoms with van der Waals surface area (Å²) in [5, 5.41) is 4.39. The van der Waals surface area contributed by atoms with E-state index in [1.807, 2.05) is 24.3 Å². The Kier molecular flexibility index (Phi) is 7.68. The van der Waals surface area contributed by atoms with E-state index in [1.165, 1.54) is 19.5 Å². The molecule has 0 saturated carbocycles. The molecule has 0 aliphatic rings. The van der Waals surface area contributed by atoms with Gasteiger partial charge in [-0.05, 0) is 47.5 Å². The maximum atomic E-state index is 12.1. The van der Waals surface area contributed by atoms with Crippen LogP contribution in [0, 0.1) is 0 Å². The molecule has 1 heterocycles. The van der Waals surface area contributed by atoms with Crippen molar-refractivity contribution in [3.05, 3.63) is 86.1 Å². The Morgan fingerprint density at radius 2 is 2.00 bits per heavy atom. The van der Waals surface area contributed by atoms with Crippen LogP contribution in [-0.4, -0.2) is 24.2 Å². The second kappa shape index (κ2) is 10.4. The number of aromatic nitrogens is 1. The molecule has 30 heavy (non-hydrogen) atoms. The normalized spacial score (nSPS) is 10.8. The first kappa shape index (κ1) is 22.1. The monoisotopic (exact) mass is 507 g/mol. The van der Waals surface area contributed by atoms with E-state index in [2.05, 4.69) is 31.4 Å². The lowest BCUT2D eigenvalue weighted by Crippen LogP contribution is -2.18. The average Bonchev–Trinajstić information content (AvgIpc) is 2.74. The van der Waals surface area contributed by atoms with Gasteiger partial charge in [0.1, 0.15) is 11.8 Å². The van der Waals surface area contributed by atoms with Crippen molar-refractivity contribution in [3.8, 4) is 11.5 Å². The third-order valence-electron chi connectivity index (χ3n) is 3.93. The summed E-state index contributed by atoms with van der Waals surface area (Å²) in [6.45, 7) is 0.332. The molecule has 0 atom stereocenters. The minimum atomic E-state index is -0.475. The molecule has 3 aromatic rings. The van der Waals surface area contributed by atoms with Crippen LogP contribution in [0.4, 0.5) is 0 Å². The second-order valence-corrected chi connectivity index (χ2v) is 7.67. The maximum Gasteiger partial charge on any atom is 0.274 e. The number of ether oxygens (including phenoxy) is 2. The van der Waals surface area contributed by atoms with Crippen LogP contribution >= 0.6 is 39.1 Å². The first-order chi connectivity index (χ1) is 14.5. The molecule has 0 bridgehead atoms. The van der Waals surface area contributed by atoms with Crippen molar-refractivity contribution in [2.75, 3.05) is 7.11 Å². The highest BCUT2D eigenvalue weighted by molar-refractivity contribution is 9.10. The molecule has 0 unspecified atom stereocenters. The van der Waals surface area contributed by atoms with Gasteiger partial charge in [0.25, 0.3) is 5.91 Å². The zero-order valence-electron chi connectivity index (χ0n) is 15.7. The molecular formula is C21H16BrCl2N3O3. The summed E-state index contributed by atoms with van der Waals surface area (Å²) in [5.74, 6) is 0.393. The van der Waals surface area contributed by atoms with E-state index in [4.69, 9.17) is 32.7 Å². The standard InChI is InChI=1S/C21H16BrCl2N3O3/c1-29-18-10-14(11-26-27-21(28)16-3-2-8-25-20(16)24)9-17(23)19(18)30-12-13-4-6-15(22)7-5-13/h2-11H,12H2,1H3,(H,27,28). The fourth-order valence-corrected chi connectivity index (χ4v) is 3.21. The summed E-state index contributed by atoms with van der Waals surface area (Å²) in [5.41, 5.74) is 4.22. The fraction of sp³-hybridized carbons (Fsp3) is 0.0952. The molecular weight excluding hydrogens is 493 g/mol. The number of hydrazone groups is 1. The Morgan fingerprint density at radius 3 is 2.70 bits per heavy atom. The van der Waals surface area contributed by atoms with Gasteiger partial charge >= 0.3 is 0 Å². The minimum absolute atomic E-state index is 0.0992. The number of carbonyl (C=O) groups excluding carboxylic acids is 1. The zero-order valence-corrected chi connectivity index (χ0v) is 18.8. The third kappa shape index (κ3) is 5.72. The molecule has 3 rings (SSSR count). The number of hydrogen-bond donors (Lipinski definition) is 1. The molecule has 1 aromatic heterocycles. The molecule has 1 amide bonds. The van der Waals surface area contributed by atoms with Crippen LogP contribution in [0.1, 0.15) is 21.5 Å². The first-order valence-electron chi connectivity index (χ1n) is 8.66. The van der Waals surface area contributed by atoms with Crippen LogP contribution < -0.4 is 14.9 Å². The van der Waals surface area contributed by atoms with Crippen LogP contribution in [-0.2, 0) is 6.61 Å². The van der Waals surface area contributed by atoms with Gasteiger partial charge in [-0.2, -0.15) is 5.10 Å². The lowest BCUT2D eigenvalue weighted by Gasteiger charge is -2.13. The topological polar surface area (TPSA) is 72.8 Å². The van der Waals surface area contributed by atoms with Gasteiger partial charge in [-0.25, -0.2) is 10.4 Å². The van der Waals surface area contributed by atoms with E-state index in [9.17, 15) is 4.79 Å². The van der Waals surface area contributed by atoms with Gasteiger partial charge in [0.2, 0.25) is 0 Å². The Labute approximate surface area is 192 Å². The highest BCUT2D eigenvalue weighted by atomic mass is 79.9. The lowest BCUT2D eigenvalue weighted by molar-refractivity contribution is 0.0955. The largest absolute Gasteiger partial charge is 0.493 e. The van der Waals surface area contributed by atoms with Crippen LogP contribution in [0.3, 0.4) is 0 Å². The van der Waals surface area contributed by atoms with E-state index in [0.29, 0.717) is 28.7 Å². The highest BCUT2D eigenvalue weighted by Gasteiger charge is 2.13. The van der Waals surface area contributed by atoms with E-state index in [1.54, 1.807) is 24.3 Å². The summed E-state index contributed by atoms with van der Waals surface area (Å²) in [6, 6.07) is 14.3. The molecule has 1 N–H and O–H groups in total. The minimum Gasteiger partial charge on any atom is -0.493 e. The Bertz CT molecular complexity index is 1080. The number of methoxy groups -OCH3 is 1. The molecule has 0 aliphatic heterocycles. The predicted molar refractivity (Wildman–Crippen MR) is 121 cm³/mol. The highest BCUT2D eigenvalue weighted by Crippen LogP contribution is 2.36. The van der Waals surface area contributed by atoms with E-state index in [0.717, 1.165) is 10.0 Å². The van der Waals surface area contributed by atoms with Crippen molar-refractivity contribution < 1.29 is 14.3 Å². The number of benzene rings is 2. The molecule has 9 heteroatoms. The van der Waals surface area contributed by atoms with Crippen LogP contribution in [0.5, 0.6) is 11.5 Å². The number of pyridine rings is 1. The summed E-state index contributed by atoms with van der Waals surface area (Å²) < 4.78 is 12.2. The lowest BCUT2D eigenvalue weighted by atomic mass is 10.2. The van der Waals surface area contributed by atoms with Crippen LogP contribution in [0.15, 0.2) is 64.3 Å². The van der Waals surface area contributed by atoms with Gasteiger partial charge in [-0.1, -0.05) is 51.3 Å². The van der Waals surface area contributed by atoms with Crippen LogP contribution in [0.25, 0.3) is 0 Å². The Hall–Kier alpha value is -2.61. The number of rotatable bonds is 7. The van der Waals surface area contributed by atoms with Gasteiger partial charge in [-0.3, -0.25) is 4.79 Å². The van der Waals surface area contributed by atoms with Gasteiger partial charge < -0.3 is 9.47 Å². The number of nitrogens with zero attached hydrogens (tertiary/aromatic N) is 2.